The molecule has 1 aromatic rings. The highest BCUT2D eigenvalue weighted by Crippen LogP contribution is 2.22. The molecule has 1 fully saturated rings. The van der Waals surface area contributed by atoms with E-state index in [1.165, 1.54) is 0 Å². The van der Waals surface area contributed by atoms with E-state index in [1.807, 2.05) is 0 Å². The van der Waals surface area contributed by atoms with Crippen molar-refractivity contribution in [2.24, 2.45) is 0 Å². The van der Waals surface area contributed by atoms with E-state index >= 15 is 0 Å². The summed E-state index contributed by atoms with van der Waals surface area (Å²) in [5.41, 5.74) is 6.61. The Labute approximate surface area is 120 Å². The van der Waals surface area contributed by atoms with Gasteiger partial charge in [-0.15, -0.1) is 0 Å². The summed E-state index contributed by atoms with van der Waals surface area (Å²) in [6.07, 6.45) is 0. The third kappa shape index (κ3) is 3.09. The summed E-state index contributed by atoms with van der Waals surface area (Å²) in [4.78, 5) is 14.0. The van der Waals surface area contributed by atoms with Crippen LogP contribution >= 0.6 is 15.9 Å². The molecule has 1 aromatic carbocycles. The zero-order chi connectivity index (χ0) is 14.2. The van der Waals surface area contributed by atoms with Crippen LogP contribution in [0.3, 0.4) is 0 Å². The van der Waals surface area contributed by atoms with Gasteiger partial charge in [0.2, 0.25) is 0 Å². The van der Waals surface area contributed by atoms with Crippen molar-refractivity contribution in [2.45, 2.75) is 13.0 Å². The zero-order valence-electron chi connectivity index (χ0n) is 10.5. The van der Waals surface area contributed by atoms with E-state index in [-0.39, 0.29) is 30.0 Å². The summed E-state index contributed by atoms with van der Waals surface area (Å²) in [6, 6.07) is 4.75. The molecule has 2 rings (SSSR count). The fourth-order valence-corrected chi connectivity index (χ4v) is 4.09. The molecule has 1 amide bonds. The minimum atomic E-state index is -3.03. The third-order valence-corrected chi connectivity index (χ3v) is 5.47. The maximum absolute atomic E-state index is 12.4. The van der Waals surface area contributed by atoms with Gasteiger partial charge in [0.1, 0.15) is 0 Å². The number of nitrogen functional groups attached to an aromatic ring is 1. The van der Waals surface area contributed by atoms with Gasteiger partial charge in [0.25, 0.3) is 5.91 Å². The molecule has 7 heteroatoms. The fourth-order valence-electron chi connectivity index (χ4n) is 2.17. The quantitative estimate of drug-likeness (QED) is 0.777. The Morgan fingerprint density at radius 1 is 1.47 bits per heavy atom. The number of benzene rings is 1. The van der Waals surface area contributed by atoms with Crippen molar-refractivity contribution in [2.75, 3.05) is 23.8 Å². The lowest BCUT2D eigenvalue weighted by Crippen LogP contribution is -2.49. The molecule has 0 spiro atoms. The molecule has 0 aliphatic carbocycles. The molecular formula is C12H15BrN2O3S. The molecule has 1 aliphatic rings. The van der Waals surface area contributed by atoms with E-state index < -0.39 is 9.84 Å². The summed E-state index contributed by atoms with van der Waals surface area (Å²) in [5, 5.41) is 0. The van der Waals surface area contributed by atoms with E-state index in [0.29, 0.717) is 11.3 Å². The normalized spacial score (nSPS) is 22.2. The molecule has 1 atom stereocenters. The zero-order valence-corrected chi connectivity index (χ0v) is 12.9. The molecule has 2 N–H and O–H groups in total. The standard InChI is InChI=1S/C12H15BrN2O3S/c1-8-7-19(17,18)5-4-15(8)12(16)10-6-9(13)2-3-11(10)14/h2-3,6,8H,4-5,7,14H2,1H3. The van der Waals surface area contributed by atoms with Crippen molar-refractivity contribution in [3.8, 4) is 0 Å². The van der Waals surface area contributed by atoms with Gasteiger partial charge in [0.05, 0.1) is 17.1 Å². The average Bonchev–Trinajstić information content (AvgIpc) is 2.30. The second-order valence-corrected chi connectivity index (χ2v) is 7.84. The Bertz CT molecular complexity index is 615. The largest absolute Gasteiger partial charge is 0.398 e. The number of sulfone groups is 1. The molecule has 19 heavy (non-hydrogen) atoms. The lowest BCUT2D eigenvalue weighted by molar-refractivity contribution is 0.0713. The van der Waals surface area contributed by atoms with Crippen molar-refractivity contribution in [1.29, 1.82) is 0 Å². The first-order valence-electron chi connectivity index (χ1n) is 5.86. The predicted molar refractivity (Wildman–Crippen MR) is 77.7 cm³/mol. The topological polar surface area (TPSA) is 80.5 Å². The highest BCUT2D eigenvalue weighted by molar-refractivity contribution is 9.10. The molecule has 5 nitrogen and oxygen atoms in total. The first-order chi connectivity index (χ1) is 8.80. The van der Waals surface area contributed by atoms with Crippen LogP contribution in [0.15, 0.2) is 22.7 Å². The van der Waals surface area contributed by atoms with Crippen LogP contribution in [0.5, 0.6) is 0 Å². The number of hydrogen-bond donors (Lipinski definition) is 1. The number of carbonyl (C=O) groups is 1. The lowest BCUT2D eigenvalue weighted by Gasteiger charge is -2.33. The lowest BCUT2D eigenvalue weighted by atomic mass is 10.1. The van der Waals surface area contributed by atoms with Gasteiger partial charge in [0.15, 0.2) is 9.84 Å². The first-order valence-corrected chi connectivity index (χ1v) is 8.48. The predicted octanol–water partition coefficient (Wildman–Crippen LogP) is 1.29. The molecule has 0 bridgehead atoms. The number of carbonyl (C=O) groups excluding carboxylic acids is 1. The number of nitrogens with zero attached hydrogens (tertiary/aromatic N) is 1. The highest BCUT2D eigenvalue weighted by Gasteiger charge is 2.32. The SMILES string of the molecule is CC1CS(=O)(=O)CCN1C(=O)c1cc(Br)ccc1N. The van der Waals surface area contributed by atoms with Crippen molar-refractivity contribution in [3.63, 3.8) is 0 Å². The molecular weight excluding hydrogens is 332 g/mol. The van der Waals surface area contributed by atoms with Gasteiger partial charge >= 0.3 is 0 Å². The monoisotopic (exact) mass is 346 g/mol. The molecule has 1 saturated heterocycles. The number of anilines is 1. The highest BCUT2D eigenvalue weighted by atomic mass is 79.9. The van der Waals surface area contributed by atoms with Crippen LogP contribution in [0.1, 0.15) is 17.3 Å². The second kappa shape index (κ2) is 5.13. The Morgan fingerprint density at radius 3 is 2.79 bits per heavy atom. The number of amides is 1. The second-order valence-electron chi connectivity index (χ2n) is 4.69. The Balaban J connectivity index is 2.27. The van der Waals surface area contributed by atoms with Gasteiger partial charge in [-0.05, 0) is 25.1 Å². The minimum Gasteiger partial charge on any atom is -0.398 e. The molecule has 0 aromatic heterocycles. The van der Waals surface area contributed by atoms with Crippen molar-refractivity contribution >= 4 is 37.4 Å². The summed E-state index contributed by atoms with van der Waals surface area (Å²) in [5.74, 6) is -0.204. The van der Waals surface area contributed by atoms with Gasteiger partial charge in [-0.2, -0.15) is 0 Å². The molecule has 1 aliphatic heterocycles. The summed E-state index contributed by atoms with van der Waals surface area (Å²) >= 11 is 3.30. The van der Waals surface area contributed by atoms with E-state index in [2.05, 4.69) is 15.9 Å². The summed E-state index contributed by atoms with van der Waals surface area (Å²) < 4.78 is 23.8. The summed E-state index contributed by atoms with van der Waals surface area (Å²) in [6.45, 7) is 1.96. The van der Waals surface area contributed by atoms with Crippen molar-refractivity contribution in [1.82, 2.24) is 4.90 Å². The molecule has 0 radical (unpaired) electrons. The Hall–Kier alpha value is -1.08. The first kappa shape index (κ1) is 14.3. The van der Waals surface area contributed by atoms with Gasteiger partial charge in [0, 0.05) is 22.7 Å². The van der Waals surface area contributed by atoms with Crippen LogP contribution < -0.4 is 5.73 Å². The number of hydrogen-bond acceptors (Lipinski definition) is 4. The van der Waals surface area contributed by atoms with Gasteiger partial charge in [-0.3, -0.25) is 4.79 Å². The van der Waals surface area contributed by atoms with Gasteiger partial charge < -0.3 is 10.6 Å². The molecule has 1 unspecified atom stereocenters. The van der Waals surface area contributed by atoms with E-state index in [9.17, 15) is 13.2 Å². The van der Waals surface area contributed by atoms with E-state index in [0.717, 1.165) is 4.47 Å². The molecule has 0 saturated carbocycles. The summed E-state index contributed by atoms with van der Waals surface area (Å²) in [7, 11) is -3.03. The van der Waals surface area contributed by atoms with Crippen LogP contribution in [-0.4, -0.2) is 43.3 Å². The van der Waals surface area contributed by atoms with E-state index in [4.69, 9.17) is 5.73 Å². The van der Waals surface area contributed by atoms with Crippen molar-refractivity contribution in [3.05, 3.63) is 28.2 Å². The molecule has 104 valence electrons. The Morgan fingerprint density at radius 2 is 2.16 bits per heavy atom. The minimum absolute atomic E-state index is 0.00660. The van der Waals surface area contributed by atoms with Crippen molar-refractivity contribution < 1.29 is 13.2 Å². The van der Waals surface area contributed by atoms with Crippen LogP contribution in [0.25, 0.3) is 0 Å². The smallest absolute Gasteiger partial charge is 0.256 e. The van der Waals surface area contributed by atoms with Crippen LogP contribution in [0.2, 0.25) is 0 Å². The fraction of sp³-hybridized carbons (Fsp3) is 0.417. The van der Waals surface area contributed by atoms with Crippen LogP contribution in [0, 0.1) is 0 Å². The maximum Gasteiger partial charge on any atom is 0.256 e. The third-order valence-electron chi connectivity index (χ3n) is 3.18. The maximum atomic E-state index is 12.4. The molecule has 1 heterocycles. The van der Waals surface area contributed by atoms with Gasteiger partial charge in [-0.1, -0.05) is 15.9 Å². The number of nitrogens with two attached hydrogens (primary N) is 1. The van der Waals surface area contributed by atoms with Gasteiger partial charge in [-0.25, -0.2) is 8.42 Å². The Kier molecular flexibility index (Phi) is 3.87. The van der Waals surface area contributed by atoms with Crippen LogP contribution in [0.4, 0.5) is 5.69 Å². The average molecular weight is 347 g/mol. The number of halogens is 1. The number of rotatable bonds is 1. The van der Waals surface area contributed by atoms with E-state index in [1.54, 1.807) is 30.0 Å². The van der Waals surface area contributed by atoms with Crippen LogP contribution in [-0.2, 0) is 9.84 Å².